The van der Waals surface area contributed by atoms with Crippen molar-refractivity contribution < 1.29 is 14.7 Å². The number of carboxylic acid groups (broad SMARTS) is 1. The number of carbonyl (C=O) groups is 2. The normalized spacial score (nSPS) is 9.43. The summed E-state index contributed by atoms with van der Waals surface area (Å²) in [6.07, 6.45) is -1.16. The van der Waals surface area contributed by atoms with Gasteiger partial charge >= 0.3 is 6.09 Å². The highest BCUT2D eigenvalue weighted by molar-refractivity contribution is 8.81. The van der Waals surface area contributed by atoms with Gasteiger partial charge in [-0.05, 0) is 0 Å². The molecule has 0 unspecified atom stereocenters. The van der Waals surface area contributed by atoms with Crippen LogP contribution in [0.3, 0.4) is 0 Å². The maximum Gasteiger partial charge on any atom is 0.415 e. The van der Waals surface area contributed by atoms with Crippen molar-refractivity contribution in [1.29, 1.82) is 0 Å². The summed E-state index contributed by atoms with van der Waals surface area (Å²) in [6, 6.07) is 8.67. The third-order valence-electron chi connectivity index (χ3n) is 1.26. The molecule has 0 aliphatic rings. The molecule has 0 atom stereocenters. The second-order valence-electron chi connectivity index (χ2n) is 2.23. The Morgan fingerprint density at radius 1 is 1.21 bits per heavy atom. The molecule has 6 heteroatoms. The molecule has 1 rings (SSSR count). The van der Waals surface area contributed by atoms with Gasteiger partial charge in [0.2, 0.25) is 5.12 Å². The van der Waals surface area contributed by atoms with Crippen molar-refractivity contribution in [2.24, 2.45) is 0 Å². The Labute approximate surface area is 88.6 Å². The van der Waals surface area contributed by atoms with Crippen LogP contribution >= 0.6 is 21.8 Å². The van der Waals surface area contributed by atoms with Gasteiger partial charge in [-0.1, -0.05) is 30.3 Å². The van der Waals surface area contributed by atoms with Crippen LogP contribution in [-0.2, 0) is 0 Å². The highest BCUT2D eigenvalue weighted by Gasteiger charge is 2.06. The van der Waals surface area contributed by atoms with Crippen molar-refractivity contribution in [2.45, 2.75) is 0 Å². The van der Waals surface area contributed by atoms with Gasteiger partial charge in [0.05, 0.1) is 0 Å². The second-order valence-corrected chi connectivity index (χ2v) is 4.14. The van der Waals surface area contributed by atoms with Gasteiger partial charge in [0.15, 0.2) is 0 Å². The summed E-state index contributed by atoms with van der Waals surface area (Å²) in [5, 5.41) is 8.06. The first-order valence-electron chi connectivity index (χ1n) is 3.62. The van der Waals surface area contributed by atoms with Gasteiger partial charge in [-0.2, -0.15) is 0 Å². The van der Waals surface area contributed by atoms with Crippen LogP contribution in [-0.4, -0.2) is 16.3 Å². The third kappa shape index (κ3) is 3.71. The van der Waals surface area contributed by atoms with Crippen LogP contribution in [0, 0.1) is 0 Å². The molecule has 1 aromatic rings. The average molecular weight is 229 g/mol. The van der Waals surface area contributed by atoms with Crippen molar-refractivity contribution in [3.63, 3.8) is 0 Å². The lowest BCUT2D eigenvalue weighted by atomic mass is 10.2. The molecule has 0 aromatic heterocycles. The average Bonchev–Trinajstić information content (AvgIpc) is 2.18. The minimum atomic E-state index is -1.16. The first-order chi connectivity index (χ1) is 6.70. The molecule has 0 spiro atoms. The van der Waals surface area contributed by atoms with E-state index in [4.69, 9.17) is 5.11 Å². The Balaban J connectivity index is 2.40. The molecule has 1 amide bonds. The number of hydrogen-bond acceptors (Lipinski definition) is 4. The number of nitrogens with one attached hydrogen (secondary N) is 1. The topological polar surface area (TPSA) is 66.4 Å². The van der Waals surface area contributed by atoms with E-state index in [9.17, 15) is 9.59 Å². The SMILES string of the molecule is O=C(O)NSSC(=O)c1ccccc1. The Hall–Kier alpha value is -1.14. The van der Waals surface area contributed by atoms with E-state index in [2.05, 4.69) is 0 Å². The molecular weight excluding hydrogens is 222 g/mol. The first kappa shape index (κ1) is 10.9. The lowest BCUT2D eigenvalue weighted by Crippen LogP contribution is -2.10. The highest BCUT2D eigenvalue weighted by atomic mass is 33.1. The lowest BCUT2D eigenvalue weighted by molar-refractivity contribution is 0.109. The minimum Gasteiger partial charge on any atom is -0.464 e. The monoisotopic (exact) mass is 229 g/mol. The molecule has 0 heterocycles. The van der Waals surface area contributed by atoms with Gasteiger partial charge in [-0.3, -0.25) is 9.52 Å². The molecule has 74 valence electrons. The van der Waals surface area contributed by atoms with Crippen LogP contribution < -0.4 is 4.72 Å². The molecule has 0 aliphatic carbocycles. The van der Waals surface area contributed by atoms with E-state index in [1.54, 1.807) is 24.3 Å². The van der Waals surface area contributed by atoms with E-state index in [1.165, 1.54) is 0 Å². The van der Waals surface area contributed by atoms with Crippen LogP contribution in [0.15, 0.2) is 30.3 Å². The molecule has 0 bridgehead atoms. The molecular formula is C8H7NO3S2. The second kappa shape index (κ2) is 5.56. The van der Waals surface area contributed by atoms with Crippen LogP contribution in [0.1, 0.15) is 10.4 Å². The quantitative estimate of drug-likeness (QED) is 0.615. The Morgan fingerprint density at radius 3 is 2.43 bits per heavy atom. The standard InChI is InChI=1S/C8H7NO3S2/c10-7(13-14-9-8(11)12)6-4-2-1-3-5-6/h1-5,9H,(H,11,12). The largest absolute Gasteiger partial charge is 0.464 e. The molecule has 0 saturated heterocycles. The van der Waals surface area contributed by atoms with Crippen LogP contribution in [0.2, 0.25) is 0 Å². The Kier molecular flexibility index (Phi) is 4.34. The molecule has 4 nitrogen and oxygen atoms in total. The summed E-state index contributed by atoms with van der Waals surface area (Å²) in [4.78, 5) is 21.4. The first-order valence-corrected chi connectivity index (χ1v) is 5.77. The van der Waals surface area contributed by atoms with E-state index in [0.29, 0.717) is 5.56 Å². The molecule has 0 aliphatic heterocycles. The number of amides is 1. The Bertz CT molecular complexity index is 329. The molecule has 0 radical (unpaired) electrons. The van der Waals surface area contributed by atoms with Gasteiger partial charge < -0.3 is 5.11 Å². The summed E-state index contributed by atoms with van der Waals surface area (Å²) >= 11 is 0. The van der Waals surface area contributed by atoms with Crippen LogP contribution in [0.5, 0.6) is 0 Å². The molecule has 14 heavy (non-hydrogen) atoms. The molecule has 0 fully saturated rings. The van der Waals surface area contributed by atoms with Crippen molar-refractivity contribution in [3.8, 4) is 0 Å². The third-order valence-corrected chi connectivity index (χ3v) is 2.94. The van der Waals surface area contributed by atoms with Crippen molar-refractivity contribution >= 4 is 33.0 Å². The summed E-state index contributed by atoms with van der Waals surface area (Å²) in [5.74, 6) is 0. The summed E-state index contributed by atoms with van der Waals surface area (Å²) < 4.78 is 2.02. The van der Waals surface area contributed by atoms with E-state index in [-0.39, 0.29) is 5.12 Å². The van der Waals surface area contributed by atoms with Crippen molar-refractivity contribution in [3.05, 3.63) is 35.9 Å². The van der Waals surface area contributed by atoms with Gasteiger partial charge in [0, 0.05) is 27.3 Å². The van der Waals surface area contributed by atoms with Crippen molar-refractivity contribution in [1.82, 2.24) is 4.72 Å². The predicted molar refractivity (Wildman–Crippen MR) is 57.1 cm³/mol. The van der Waals surface area contributed by atoms with Gasteiger partial charge in [-0.15, -0.1) is 0 Å². The fraction of sp³-hybridized carbons (Fsp3) is 0. The van der Waals surface area contributed by atoms with Crippen molar-refractivity contribution in [2.75, 3.05) is 0 Å². The summed E-state index contributed by atoms with van der Waals surface area (Å²) in [6.45, 7) is 0. The zero-order chi connectivity index (χ0) is 10.4. The lowest BCUT2D eigenvalue weighted by Gasteiger charge is -1.98. The fourth-order valence-corrected chi connectivity index (χ4v) is 1.99. The predicted octanol–water partition coefficient (Wildman–Crippen LogP) is 2.39. The fourth-order valence-electron chi connectivity index (χ4n) is 0.717. The van der Waals surface area contributed by atoms with E-state index < -0.39 is 6.09 Å². The zero-order valence-electron chi connectivity index (χ0n) is 6.97. The van der Waals surface area contributed by atoms with E-state index in [0.717, 1.165) is 21.8 Å². The highest BCUT2D eigenvalue weighted by Crippen LogP contribution is 2.22. The van der Waals surface area contributed by atoms with Gasteiger partial charge in [-0.25, -0.2) is 4.79 Å². The van der Waals surface area contributed by atoms with Crippen LogP contribution in [0.25, 0.3) is 0 Å². The smallest absolute Gasteiger partial charge is 0.415 e. The molecule has 2 N–H and O–H groups in total. The molecule has 0 saturated carbocycles. The maximum atomic E-state index is 11.3. The zero-order valence-corrected chi connectivity index (χ0v) is 8.60. The van der Waals surface area contributed by atoms with Gasteiger partial charge in [0.25, 0.3) is 0 Å². The van der Waals surface area contributed by atoms with E-state index >= 15 is 0 Å². The Morgan fingerprint density at radius 2 is 1.86 bits per heavy atom. The number of rotatable bonds is 3. The van der Waals surface area contributed by atoms with Gasteiger partial charge in [0.1, 0.15) is 0 Å². The number of carbonyl (C=O) groups excluding carboxylic acids is 1. The maximum absolute atomic E-state index is 11.3. The molecule has 1 aromatic carbocycles. The summed E-state index contributed by atoms with van der Waals surface area (Å²) in [7, 11) is 1.63. The van der Waals surface area contributed by atoms with Crippen LogP contribution in [0.4, 0.5) is 4.79 Å². The number of hydrogen-bond donors (Lipinski definition) is 2. The minimum absolute atomic E-state index is 0.177. The summed E-state index contributed by atoms with van der Waals surface area (Å²) in [5.41, 5.74) is 0.553. The number of benzene rings is 1. The van der Waals surface area contributed by atoms with E-state index in [1.807, 2.05) is 10.8 Å².